The van der Waals surface area contributed by atoms with Gasteiger partial charge in [0, 0.05) is 5.75 Å². The number of phosphoric ester groups is 1. The number of nitrogens with zero attached hydrogens (tertiary/aromatic N) is 4. The molecule has 0 spiro atoms. The third-order valence-electron chi connectivity index (χ3n) is 4.18. The van der Waals surface area contributed by atoms with E-state index in [-0.39, 0.29) is 5.82 Å². The van der Waals surface area contributed by atoms with Crippen LogP contribution < -0.4 is 5.73 Å². The number of imidazole rings is 1. The molecule has 1 fully saturated rings. The fraction of sp³-hybridized carbons (Fsp3) is 0.643. The number of thioether (sulfide) groups is 1. The first-order valence-electron chi connectivity index (χ1n) is 8.55. The Kier molecular flexibility index (Phi) is 6.57. The maximum Gasteiger partial charge on any atom is 0.469 e. The lowest BCUT2D eigenvalue weighted by molar-refractivity contribution is -0.0504. The molecule has 4 atom stereocenters. The summed E-state index contributed by atoms with van der Waals surface area (Å²) in [6.45, 7) is 1.48. The van der Waals surface area contributed by atoms with Crippen molar-refractivity contribution in [3.05, 3.63) is 6.33 Å². The van der Waals surface area contributed by atoms with E-state index in [9.17, 15) is 14.8 Å². The average molecular weight is 435 g/mol. The molecule has 14 heteroatoms. The Hall–Kier alpha value is -1.31. The third-order valence-corrected chi connectivity index (χ3v) is 5.59. The summed E-state index contributed by atoms with van der Waals surface area (Å²) in [5.41, 5.74) is 6.60. The Balaban J connectivity index is 1.85. The van der Waals surface area contributed by atoms with Gasteiger partial charge in [0.2, 0.25) is 0 Å². The van der Waals surface area contributed by atoms with Crippen molar-refractivity contribution < 1.29 is 33.8 Å². The lowest BCUT2D eigenvalue weighted by Gasteiger charge is -2.16. The number of aromatic nitrogens is 4. The molecule has 0 aromatic carbocycles. The van der Waals surface area contributed by atoms with E-state index >= 15 is 0 Å². The molecule has 28 heavy (non-hydrogen) atoms. The van der Waals surface area contributed by atoms with Crippen molar-refractivity contribution in [2.45, 2.75) is 49.5 Å². The molecule has 0 radical (unpaired) electrons. The quantitative estimate of drug-likeness (QED) is 0.162. The minimum absolute atomic E-state index is 0.178. The van der Waals surface area contributed by atoms with E-state index in [4.69, 9.17) is 20.3 Å². The number of aliphatic hydroxyl groups is 2. The maximum atomic E-state index is 10.9. The zero-order valence-corrected chi connectivity index (χ0v) is 16.7. The number of rotatable bonds is 8. The Morgan fingerprint density at radius 3 is 2.79 bits per heavy atom. The smallest absolute Gasteiger partial charge is 0.387 e. The van der Waals surface area contributed by atoms with Gasteiger partial charge in [-0.15, -0.1) is 0 Å². The predicted molar refractivity (Wildman–Crippen MR) is 99.3 cm³/mol. The van der Waals surface area contributed by atoms with Crippen molar-refractivity contribution in [1.82, 2.24) is 19.5 Å². The molecule has 3 heterocycles. The monoisotopic (exact) mass is 435 g/mol. The number of unbranched alkanes of at least 4 members (excludes halogenated alkanes) is 1. The number of nitrogens with two attached hydrogens (primary N) is 1. The first kappa shape index (κ1) is 21.4. The van der Waals surface area contributed by atoms with Crippen molar-refractivity contribution in [2.24, 2.45) is 0 Å². The van der Waals surface area contributed by atoms with Gasteiger partial charge in [0.1, 0.15) is 23.8 Å². The summed E-state index contributed by atoms with van der Waals surface area (Å²) in [6, 6.07) is 0. The summed E-state index contributed by atoms with van der Waals surface area (Å²) in [7, 11) is -4.74. The molecular formula is C14H22N5O7PS. The Morgan fingerprint density at radius 2 is 2.11 bits per heavy atom. The number of ether oxygens (including phenoxy) is 1. The lowest BCUT2D eigenvalue weighted by Crippen LogP contribution is -2.33. The van der Waals surface area contributed by atoms with Crippen LogP contribution in [0, 0.1) is 0 Å². The number of fused-ring (bicyclic) bond motifs is 1. The summed E-state index contributed by atoms with van der Waals surface area (Å²) in [6.07, 6.45) is -1.69. The molecule has 0 saturated carbocycles. The first-order chi connectivity index (χ1) is 13.2. The van der Waals surface area contributed by atoms with Crippen LogP contribution in [0.1, 0.15) is 26.0 Å². The lowest BCUT2D eigenvalue weighted by atomic mass is 10.1. The molecule has 0 amide bonds. The van der Waals surface area contributed by atoms with E-state index in [0.29, 0.717) is 16.3 Å². The highest BCUT2D eigenvalue weighted by atomic mass is 32.2. The van der Waals surface area contributed by atoms with Crippen molar-refractivity contribution >= 4 is 36.6 Å². The van der Waals surface area contributed by atoms with Gasteiger partial charge in [-0.3, -0.25) is 9.09 Å². The van der Waals surface area contributed by atoms with Crippen LogP contribution in [-0.2, 0) is 13.8 Å². The van der Waals surface area contributed by atoms with E-state index in [1.54, 1.807) is 0 Å². The molecule has 2 aromatic heterocycles. The summed E-state index contributed by atoms with van der Waals surface area (Å²) < 4.78 is 22.2. The van der Waals surface area contributed by atoms with E-state index < -0.39 is 39.0 Å². The second-order valence-corrected chi connectivity index (χ2v) is 8.55. The SMILES string of the molecule is CCCCSc1nc(N)c2ncn([C@@H]3O[C@H](COP(=O)(O)O)C(O)C3O)c2n1. The summed E-state index contributed by atoms with van der Waals surface area (Å²) in [5.74, 6) is 0.996. The highest BCUT2D eigenvalue weighted by Gasteiger charge is 2.45. The van der Waals surface area contributed by atoms with Crippen LogP contribution in [0.15, 0.2) is 11.5 Å². The number of anilines is 1. The van der Waals surface area contributed by atoms with Crippen LogP contribution >= 0.6 is 19.6 Å². The number of hydrogen-bond donors (Lipinski definition) is 5. The second kappa shape index (κ2) is 8.59. The van der Waals surface area contributed by atoms with E-state index in [1.807, 2.05) is 0 Å². The highest BCUT2D eigenvalue weighted by Crippen LogP contribution is 2.39. The van der Waals surface area contributed by atoms with E-state index in [0.717, 1.165) is 18.6 Å². The number of phosphoric acid groups is 1. The van der Waals surface area contributed by atoms with Crippen LogP contribution in [0.2, 0.25) is 0 Å². The molecule has 1 aliphatic heterocycles. The van der Waals surface area contributed by atoms with Crippen molar-refractivity contribution in [3.8, 4) is 0 Å². The summed E-state index contributed by atoms with van der Waals surface area (Å²) in [5, 5.41) is 20.9. The van der Waals surface area contributed by atoms with Crippen LogP contribution in [0.25, 0.3) is 11.2 Å². The molecule has 2 unspecified atom stereocenters. The van der Waals surface area contributed by atoms with E-state index in [2.05, 4.69) is 26.4 Å². The first-order valence-corrected chi connectivity index (χ1v) is 11.1. The maximum absolute atomic E-state index is 10.9. The molecular weight excluding hydrogens is 413 g/mol. The largest absolute Gasteiger partial charge is 0.469 e. The highest BCUT2D eigenvalue weighted by molar-refractivity contribution is 7.99. The molecule has 3 rings (SSSR count). The van der Waals surface area contributed by atoms with Gasteiger partial charge in [-0.2, -0.15) is 0 Å². The van der Waals surface area contributed by atoms with Gasteiger partial charge in [-0.25, -0.2) is 19.5 Å². The number of nitrogen functional groups attached to an aromatic ring is 1. The van der Waals surface area contributed by atoms with Crippen LogP contribution in [0.4, 0.5) is 5.82 Å². The zero-order chi connectivity index (χ0) is 20.5. The molecule has 2 aromatic rings. The molecule has 156 valence electrons. The Bertz CT molecular complexity index is 877. The normalized spacial score (nSPS) is 25.6. The number of aliphatic hydroxyl groups excluding tert-OH is 2. The predicted octanol–water partition coefficient (Wildman–Crippen LogP) is 0.0292. The van der Waals surface area contributed by atoms with Crippen molar-refractivity contribution in [1.29, 1.82) is 0 Å². The Morgan fingerprint density at radius 1 is 1.36 bits per heavy atom. The van der Waals surface area contributed by atoms with Gasteiger partial charge in [-0.1, -0.05) is 25.1 Å². The van der Waals surface area contributed by atoms with Crippen LogP contribution in [-0.4, -0.2) is 70.2 Å². The molecule has 6 N–H and O–H groups in total. The van der Waals surface area contributed by atoms with Crippen molar-refractivity contribution in [3.63, 3.8) is 0 Å². The molecule has 0 aliphatic carbocycles. The van der Waals surface area contributed by atoms with Gasteiger partial charge >= 0.3 is 7.82 Å². The standard InChI is InChI=1S/C14H22N5O7PS/c1-2-3-4-28-14-17-11(15)8-12(18-14)19(6-16-8)13-10(21)9(20)7(26-13)5-25-27(22,23)24/h6-7,9-10,13,20-21H,2-5H2,1H3,(H2,15,17,18)(H2,22,23,24)/t7-,9?,10?,13-/m1/s1. The molecule has 1 saturated heterocycles. The van der Waals surface area contributed by atoms with Crippen molar-refractivity contribution in [2.75, 3.05) is 18.1 Å². The van der Waals surface area contributed by atoms with Gasteiger partial charge < -0.3 is 30.5 Å². The van der Waals surface area contributed by atoms with E-state index in [1.165, 1.54) is 22.7 Å². The number of hydrogen-bond acceptors (Lipinski definition) is 10. The third kappa shape index (κ3) is 4.63. The fourth-order valence-electron chi connectivity index (χ4n) is 2.74. The Labute approximate surface area is 164 Å². The fourth-order valence-corrected chi connectivity index (χ4v) is 4.01. The molecule has 12 nitrogen and oxygen atoms in total. The van der Waals surface area contributed by atoms with Crippen LogP contribution in [0.5, 0.6) is 0 Å². The molecule has 0 bridgehead atoms. The second-order valence-electron chi connectivity index (χ2n) is 6.25. The summed E-state index contributed by atoms with van der Waals surface area (Å²) in [4.78, 5) is 30.4. The zero-order valence-electron chi connectivity index (χ0n) is 15.0. The van der Waals surface area contributed by atoms with Crippen LogP contribution in [0.3, 0.4) is 0 Å². The van der Waals surface area contributed by atoms with Gasteiger partial charge in [0.15, 0.2) is 22.8 Å². The summed E-state index contributed by atoms with van der Waals surface area (Å²) >= 11 is 1.44. The molecule has 1 aliphatic rings. The average Bonchev–Trinajstić information content (AvgIpc) is 3.15. The topological polar surface area (TPSA) is 186 Å². The van der Waals surface area contributed by atoms with Gasteiger partial charge in [0.25, 0.3) is 0 Å². The van der Waals surface area contributed by atoms with Gasteiger partial charge in [0.05, 0.1) is 12.9 Å². The van der Waals surface area contributed by atoms with Gasteiger partial charge in [-0.05, 0) is 6.42 Å². The minimum atomic E-state index is -4.74. The minimum Gasteiger partial charge on any atom is -0.387 e.